The van der Waals surface area contributed by atoms with Gasteiger partial charge in [-0.25, -0.2) is 9.78 Å². The number of amides is 1. The van der Waals surface area contributed by atoms with Gasteiger partial charge in [0.2, 0.25) is 0 Å². The molecule has 1 fully saturated rings. The Kier molecular flexibility index (Phi) is 6.71. The number of nitrogens with zero attached hydrogens (tertiary/aromatic N) is 3. The van der Waals surface area contributed by atoms with E-state index in [0.29, 0.717) is 12.8 Å². The number of fused-ring (bicyclic) bond motifs is 3. The molecule has 8 heteroatoms. The Balaban J connectivity index is 1.67. The van der Waals surface area contributed by atoms with Gasteiger partial charge in [-0.3, -0.25) is 9.69 Å². The molecular formula is C28H33N3O5. The van der Waals surface area contributed by atoms with E-state index < -0.39 is 5.97 Å². The molecule has 36 heavy (non-hydrogen) atoms. The Morgan fingerprint density at radius 3 is 2.44 bits per heavy atom. The van der Waals surface area contributed by atoms with Crippen LogP contribution in [0.4, 0.5) is 10.5 Å². The van der Waals surface area contributed by atoms with Crippen molar-refractivity contribution in [2.24, 2.45) is 5.92 Å². The van der Waals surface area contributed by atoms with E-state index in [4.69, 9.17) is 9.72 Å². The zero-order valence-corrected chi connectivity index (χ0v) is 20.8. The molecule has 1 aromatic heterocycles. The maximum absolute atomic E-state index is 12.6. The zero-order chi connectivity index (χ0) is 25.4. The van der Waals surface area contributed by atoms with Gasteiger partial charge in [0, 0.05) is 17.6 Å². The van der Waals surface area contributed by atoms with E-state index >= 15 is 0 Å². The third-order valence-corrected chi connectivity index (χ3v) is 7.96. The van der Waals surface area contributed by atoms with Crippen LogP contribution in [0, 0.1) is 5.92 Å². The van der Waals surface area contributed by atoms with Gasteiger partial charge in [-0.1, -0.05) is 30.3 Å². The number of methoxy groups -OCH3 is 1. The van der Waals surface area contributed by atoms with E-state index in [1.54, 1.807) is 4.90 Å². The molecule has 1 amide bonds. The van der Waals surface area contributed by atoms with Crippen molar-refractivity contribution < 1.29 is 24.5 Å². The summed E-state index contributed by atoms with van der Waals surface area (Å²) in [4.78, 5) is 31.0. The number of imidazole rings is 1. The van der Waals surface area contributed by atoms with Gasteiger partial charge in [0.1, 0.15) is 5.82 Å². The average molecular weight is 492 g/mol. The van der Waals surface area contributed by atoms with Crippen LogP contribution < -0.4 is 4.90 Å². The number of carbonyl (C=O) groups excluding carboxylic acids is 1. The van der Waals surface area contributed by atoms with Crippen LogP contribution in [-0.4, -0.2) is 51.6 Å². The number of aliphatic carboxylic acids is 1. The van der Waals surface area contributed by atoms with E-state index in [1.807, 2.05) is 49.4 Å². The minimum Gasteiger partial charge on any atom is -0.481 e. The lowest BCUT2D eigenvalue weighted by Gasteiger charge is -2.34. The highest BCUT2D eigenvalue weighted by Crippen LogP contribution is 2.42. The normalized spacial score (nSPS) is 22.8. The van der Waals surface area contributed by atoms with Gasteiger partial charge in [-0.05, 0) is 63.1 Å². The summed E-state index contributed by atoms with van der Waals surface area (Å²) in [5, 5.41) is 20.0. The summed E-state index contributed by atoms with van der Waals surface area (Å²) < 4.78 is 7.31. The Hall–Kier alpha value is -3.39. The fourth-order valence-electron chi connectivity index (χ4n) is 6.02. The van der Waals surface area contributed by atoms with Crippen molar-refractivity contribution in [3.8, 4) is 0 Å². The predicted octanol–water partition coefficient (Wildman–Crippen LogP) is 4.88. The maximum Gasteiger partial charge on any atom is 0.414 e. The Bertz CT molecular complexity index is 1260. The lowest BCUT2D eigenvalue weighted by molar-refractivity contribution is -0.143. The molecule has 2 N–H and O–H groups in total. The van der Waals surface area contributed by atoms with Crippen molar-refractivity contribution in [1.29, 1.82) is 0 Å². The fraction of sp³-hybridized carbons (Fsp3) is 0.464. The van der Waals surface area contributed by atoms with Gasteiger partial charge in [0.15, 0.2) is 0 Å². The van der Waals surface area contributed by atoms with Crippen molar-refractivity contribution in [3.63, 3.8) is 0 Å². The molecule has 0 bridgehead atoms. The predicted molar refractivity (Wildman–Crippen MR) is 136 cm³/mol. The van der Waals surface area contributed by atoms with E-state index in [2.05, 4.69) is 4.57 Å². The monoisotopic (exact) mass is 491 g/mol. The van der Waals surface area contributed by atoms with Gasteiger partial charge in [-0.2, -0.15) is 0 Å². The Morgan fingerprint density at radius 2 is 1.81 bits per heavy atom. The SMILES string of the molecule is COC(=O)N1c2ccc3c(nc([C@H](CO)c4ccccc4)n3C3CCC(C(=O)O)CC3)c2CC[C@@H]1C. The molecule has 190 valence electrons. The number of ether oxygens (including phenoxy) is 1. The van der Waals surface area contributed by atoms with Crippen LogP contribution in [0.5, 0.6) is 0 Å². The first kappa shape index (κ1) is 24.3. The summed E-state index contributed by atoms with van der Waals surface area (Å²) in [6, 6.07) is 14.0. The van der Waals surface area contributed by atoms with E-state index in [-0.39, 0.29) is 36.6 Å². The molecule has 2 aromatic carbocycles. The molecule has 0 unspecified atom stereocenters. The number of benzene rings is 2. The van der Waals surface area contributed by atoms with Crippen LogP contribution in [-0.2, 0) is 16.0 Å². The summed E-state index contributed by atoms with van der Waals surface area (Å²) in [5.74, 6) is -0.572. The minimum atomic E-state index is -0.729. The maximum atomic E-state index is 12.6. The van der Waals surface area contributed by atoms with Crippen molar-refractivity contribution in [1.82, 2.24) is 9.55 Å². The summed E-state index contributed by atoms with van der Waals surface area (Å²) in [6.45, 7) is 1.93. The van der Waals surface area contributed by atoms with Crippen LogP contribution in [0.2, 0.25) is 0 Å². The van der Waals surface area contributed by atoms with Crippen LogP contribution in [0.25, 0.3) is 11.0 Å². The molecule has 3 aromatic rings. The first-order chi connectivity index (χ1) is 17.4. The number of aryl methyl sites for hydroxylation is 1. The second kappa shape index (κ2) is 9.93. The molecule has 1 saturated carbocycles. The summed E-state index contributed by atoms with van der Waals surface area (Å²) >= 11 is 0. The molecule has 0 spiro atoms. The first-order valence-corrected chi connectivity index (χ1v) is 12.7. The van der Waals surface area contributed by atoms with Crippen LogP contribution in [0.15, 0.2) is 42.5 Å². The molecule has 1 aliphatic heterocycles. The largest absolute Gasteiger partial charge is 0.481 e. The molecule has 8 nitrogen and oxygen atoms in total. The highest BCUT2D eigenvalue weighted by Gasteiger charge is 2.35. The number of aliphatic hydroxyl groups is 1. The Morgan fingerprint density at radius 1 is 1.08 bits per heavy atom. The molecule has 2 aliphatic rings. The van der Waals surface area contributed by atoms with Crippen LogP contribution in [0.1, 0.15) is 67.9 Å². The third-order valence-electron chi connectivity index (χ3n) is 7.96. The summed E-state index contributed by atoms with van der Waals surface area (Å²) in [6.07, 6.45) is 3.93. The molecule has 1 aliphatic carbocycles. The molecular weight excluding hydrogens is 458 g/mol. The van der Waals surface area contributed by atoms with Gasteiger partial charge < -0.3 is 19.5 Å². The Labute approximate surface area is 210 Å². The second-order valence-electron chi connectivity index (χ2n) is 9.99. The minimum absolute atomic E-state index is 0.0183. The highest BCUT2D eigenvalue weighted by molar-refractivity contribution is 5.95. The van der Waals surface area contributed by atoms with E-state index in [1.165, 1.54) is 7.11 Å². The molecule has 0 radical (unpaired) electrons. The fourth-order valence-corrected chi connectivity index (χ4v) is 6.02. The number of hydrogen-bond acceptors (Lipinski definition) is 5. The summed E-state index contributed by atoms with van der Waals surface area (Å²) in [5.41, 5.74) is 4.63. The third kappa shape index (κ3) is 4.13. The number of carboxylic acids is 1. The number of aliphatic hydroxyl groups excluding tert-OH is 1. The second-order valence-corrected chi connectivity index (χ2v) is 9.99. The van der Waals surface area contributed by atoms with E-state index in [0.717, 1.165) is 59.4 Å². The number of hydrogen-bond donors (Lipinski definition) is 2. The van der Waals surface area contributed by atoms with Crippen LogP contribution in [0.3, 0.4) is 0 Å². The number of carboxylic acid groups (broad SMARTS) is 1. The van der Waals surface area contributed by atoms with Crippen LogP contribution >= 0.6 is 0 Å². The molecule has 0 saturated heterocycles. The van der Waals surface area contributed by atoms with Gasteiger partial charge in [0.05, 0.1) is 42.3 Å². The number of aromatic nitrogens is 2. The zero-order valence-electron chi connectivity index (χ0n) is 20.8. The smallest absolute Gasteiger partial charge is 0.414 e. The van der Waals surface area contributed by atoms with E-state index in [9.17, 15) is 19.8 Å². The average Bonchev–Trinajstić information content (AvgIpc) is 3.28. The van der Waals surface area contributed by atoms with Crippen molar-refractivity contribution in [2.45, 2.75) is 63.5 Å². The van der Waals surface area contributed by atoms with Crippen molar-refractivity contribution in [3.05, 3.63) is 59.4 Å². The van der Waals surface area contributed by atoms with Crippen molar-refractivity contribution >= 4 is 28.8 Å². The lowest BCUT2D eigenvalue weighted by atomic mass is 9.85. The topological polar surface area (TPSA) is 105 Å². The molecule has 2 heterocycles. The summed E-state index contributed by atoms with van der Waals surface area (Å²) in [7, 11) is 1.40. The number of rotatable bonds is 5. The highest BCUT2D eigenvalue weighted by atomic mass is 16.5. The van der Waals surface area contributed by atoms with Gasteiger partial charge >= 0.3 is 12.1 Å². The molecule has 2 atom stereocenters. The molecule has 5 rings (SSSR count). The van der Waals surface area contributed by atoms with Gasteiger partial charge in [-0.15, -0.1) is 0 Å². The van der Waals surface area contributed by atoms with Gasteiger partial charge in [0.25, 0.3) is 0 Å². The van der Waals surface area contributed by atoms with Crippen molar-refractivity contribution in [2.75, 3.05) is 18.6 Å². The quantitative estimate of drug-likeness (QED) is 0.527. The first-order valence-electron chi connectivity index (χ1n) is 12.7. The lowest BCUT2D eigenvalue weighted by Crippen LogP contribution is -2.42. The number of anilines is 1. The number of carbonyl (C=O) groups is 2. The standard InChI is InChI=1S/C28H33N3O5/c1-17-8-13-21-23(30(17)28(35)36-2)14-15-24-25(21)29-26(22(16-32)18-6-4-3-5-7-18)31(24)20-11-9-19(10-12-20)27(33)34/h3-7,14-15,17,19-20,22,32H,8-13,16H2,1-2H3,(H,33,34)/t17-,19?,20?,22+/m0/s1.